The molecule has 12 heteroatoms. The number of pyridine rings is 1. The van der Waals surface area contributed by atoms with Gasteiger partial charge in [0.1, 0.15) is 17.6 Å². The molecule has 1 unspecified atom stereocenters. The van der Waals surface area contributed by atoms with E-state index in [1.54, 1.807) is 13.3 Å². The van der Waals surface area contributed by atoms with Crippen molar-refractivity contribution in [3.8, 4) is 29.0 Å². The maximum absolute atomic E-state index is 13.8. The highest BCUT2D eigenvalue weighted by Gasteiger charge is 2.34. The number of aromatic nitrogens is 3. The summed E-state index contributed by atoms with van der Waals surface area (Å²) in [7, 11) is 3.66. The molecule has 232 valence electrons. The maximum atomic E-state index is 13.8. The SMILES string of the molecule is C=C(F)C(=O)N1CCN(c2nc(OCC3CCCN3C)nc3c(OC)c(-c4cccc5cccc(Cl)c45)cnc23)C[C@@H]1CC#N. The number of halogens is 2. The van der Waals surface area contributed by atoms with Gasteiger partial charge in [-0.1, -0.05) is 48.5 Å². The zero-order valence-corrected chi connectivity index (χ0v) is 25.9. The van der Waals surface area contributed by atoms with Gasteiger partial charge in [0.25, 0.3) is 5.91 Å². The van der Waals surface area contributed by atoms with Crippen molar-refractivity contribution in [3.63, 3.8) is 0 Å². The standard InChI is InChI=1S/C33H33ClFN7O3/c1-20(35)32(43)42-16-15-41(18-22(42)12-13-36)31-29-28(38-33(39-31)45-19-23-9-6-14-40(23)2)30(44-3)25(17-37-29)24-10-4-7-21-8-5-11-26(34)27(21)24/h4-5,7-8,10-11,17,22-23H,1,6,9,12,14-16,18-19H2,2-3H3/t22-,23?/m0/s1. The monoisotopic (exact) mass is 629 g/mol. The summed E-state index contributed by atoms with van der Waals surface area (Å²) in [5.74, 6) is -0.913. The molecule has 2 saturated heterocycles. The number of fused-ring (bicyclic) bond motifs is 2. The molecular formula is C33H33ClFN7O3. The molecular weight excluding hydrogens is 597 g/mol. The van der Waals surface area contributed by atoms with E-state index in [0.717, 1.165) is 35.7 Å². The summed E-state index contributed by atoms with van der Waals surface area (Å²) in [5.41, 5.74) is 2.46. The van der Waals surface area contributed by atoms with E-state index in [1.165, 1.54) is 4.90 Å². The second-order valence-electron chi connectivity index (χ2n) is 11.3. The van der Waals surface area contributed by atoms with Crippen molar-refractivity contribution in [2.75, 3.05) is 51.8 Å². The van der Waals surface area contributed by atoms with Gasteiger partial charge in [-0.25, -0.2) is 9.37 Å². The molecule has 1 amide bonds. The quantitative estimate of drug-likeness (QED) is 0.237. The van der Waals surface area contributed by atoms with Crippen molar-refractivity contribution in [2.45, 2.75) is 31.3 Å². The molecule has 0 radical (unpaired) electrons. The molecule has 2 aromatic heterocycles. The van der Waals surface area contributed by atoms with Crippen molar-refractivity contribution >= 4 is 45.1 Å². The lowest BCUT2D eigenvalue weighted by Gasteiger charge is -2.41. The second-order valence-corrected chi connectivity index (χ2v) is 11.7. The number of nitrogens with zero attached hydrogens (tertiary/aromatic N) is 7. The molecule has 0 saturated carbocycles. The first kappa shape index (κ1) is 30.5. The number of likely N-dealkylation sites (N-methyl/N-ethyl adjacent to an activating group) is 1. The normalized spacial score (nSPS) is 18.7. The van der Waals surface area contributed by atoms with Gasteiger partial charge in [-0.2, -0.15) is 15.2 Å². The molecule has 2 fully saturated rings. The zero-order chi connectivity index (χ0) is 31.7. The number of anilines is 1. The Kier molecular flexibility index (Phi) is 8.70. The van der Waals surface area contributed by atoms with Crippen molar-refractivity contribution in [2.24, 2.45) is 0 Å². The smallest absolute Gasteiger partial charge is 0.319 e. The average Bonchev–Trinajstić information content (AvgIpc) is 3.46. The Morgan fingerprint density at radius 1 is 1.13 bits per heavy atom. The lowest BCUT2D eigenvalue weighted by Crippen LogP contribution is -2.55. The summed E-state index contributed by atoms with van der Waals surface area (Å²) in [4.78, 5) is 32.6. The number of carbonyl (C=O) groups is 1. The third kappa shape index (κ3) is 5.83. The number of benzene rings is 2. The van der Waals surface area contributed by atoms with Gasteiger partial charge in [-0.05, 0) is 43.5 Å². The van der Waals surface area contributed by atoms with Crippen LogP contribution in [0, 0.1) is 11.3 Å². The van der Waals surface area contributed by atoms with Crippen molar-refractivity contribution < 1.29 is 18.7 Å². The van der Waals surface area contributed by atoms with Gasteiger partial charge in [0.05, 0.1) is 25.6 Å². The van der Waals surface area contributed by atoms with E-state index in [2.05, 4.69) is 24.6 Å². The fourth-order valence-corrected chi connectivity index (χ4v) is 6.61. The third-order valence-corrected chi connectivity index (χ3v) is 8.97. The van der Waals surface area contributed by atoms with Crippen LogP contribution in [0.25, 0.3) is 32.9 Å². The van der Waals surface area contributed by atoms with E-state index < -0.39 is 17.8 Å². The summed E-state index contributed by atoms with van der Waals surface area (Å²) in [6, 6.07) is 13.6. The van der Waals surface area contributed by atoms with Crippen LogP contribution in [0.4, 0.5) is 10.2 Å². The number of carbonyl (C=O) groups excluding carboxylic acids is 1. The second kappa shape index (κ2) is 12.8. The number of nitriles is 1. The molecule has 0 bridgehead atoms. The highest BCUT2D eigenvalue weighted by atomic mass is 35.5. The number of hydrogen-bond donors (Lipinski definition) is 0. The van der Waals surface area contributed by atoms with Crippen LogP contribution in [0.5, 0.6) is 11.8 Å². The summed E-state index contributed by atoms with van der Waals surface area (Å²) in [5, 5.41) is 12.0. The zero-order valence-electron chi connectivity index (χ0n) is 25.2. The van der Waals surface area contributed by atoms with Crippen LogP contribution < -0.4 is 14.4 Å². The van der Waals surface area contributed by atoms with Crippen LogP contribution >= 0.6 is 11.6 Å². The first-order valence-electron chi connectivity index (χ1n) is 14.8. The van der Waals surface area contributed by atoms with E-state index in [0.29, 0.717) is 46.3 Å². The van der Waals surface area contributed by atoms with Crippen molar-refractivity contribution in [3.05, 3.63) is 60.0 Å². The number of methoxy groups -OCH3 is 1. The van der Waals surface area contributed by atoms with E-state index in [1.807, 2.05) is 41.3 Å². The summed E-state index contributed by atoms with van der Waals surface area (Å²) >= 11 is 6.69. The molecule has 2 aromatic carbocycles. The van der Waals surface area contributed by atoms with Gasteiger partial charge in [-0.15, -0.1) is 0 Å². The number of hydrogen-bond acceptors (Lipinski definition) is 9. The molecule has 2 aliphatic heterocycles. The molecule has 6 rings (SSSR count). The van der Waals surface area contributed by atoms with Crippen molar-refractivity contribution in [1.82, 2.24) is 24.8 Å². The minimum atomic E-state index is -1.06. The number of amides is 1. The Bertz CT molecular complexity index is 1820. The lowest BCUT2D eigenvalue weighted by atomic mass is 9.98. The third-order valence-electron chi connectivity index (χ3n) is 8.65. The minimum Gasteiger partial charge on any atom is -0.494 e. The fraction of sp³-hybridized carbons (Fsp3) is 0.364. The van der Waals surface area contributed by atoms with Crippen LogP contribution in [0.3, 0.4) is 0 Å². The van der Waals surface area contributed by atoms with Crippen LogP contribution in [-0.2, 0) is 4.79 Å². The topological polar surface area (TPSA) is 108 Å². The van der Waals surface area contributed by atoms with E-state index >= 15 is 0 Å². The largest absolute Gasteiger partial charge is 0.494 e. The first-order chi connectivity index (χ1) is 21.8. The molecule has 0 spiro atoms. The Morgan fingerprint density at radius 3 is 2.64 bits per heavy atom. The molecule has 4 heterocycles. The van der Waals surface area contributed by atoms with Gasteiger partial charge in [-0.3, -0.25) is 4.79 Å². The molecule has 2 aliphatic rings. The average molecular weight is 630 g/mol. The summed E-state index contributed by atoms with van der Waals surface area (Å²) in [6.45, 7) is 5.30. The van der Waals surface area contributed by atoms with Crippen molar-refractivity contribution in [1.29, 1.82) is 5.26 Å². The van der Waals surface area contributed by atoms with Gasteiger partial charge in [0.15, 0.2) is 17.4 Å². The van der Waals surface area contributed by atoms with Gasteiger partial charge in [0.2, 0.25) is 0 Å². The van der Waals surface area contributed by atoms with Gasteiger partial charge in [0, 0.05) is 47.8 Å². The molecule has 0 N–H and O–H groups in total. The summed E-state index contributed by atoms with van der Waals surface area (Å²) in [6.07, 6.45) is 3.84. The molecule has 10 nitrogen and oxygen atoms in total. The van der Waals surface area contributed by atoms with E-state index in [4.69, 9.17) is 36.0 Å². The van der Waals surface area contributed by atoms with E-state index in [-0.39, 0.29) is 31.6 Å². The van der Waals surface area contributed by atoms with Crippen LogP contribution in [0.15, 0.2) is 55.0 Å². The maximum Gasteiger partial charge on any atom is 0.319 e. The predicted molar refractivity (Wildman–Crippen MR) is 171 cm³/mol. The fourth-order valence-electron chi connectivity index (χ4n) is 6.33. The molecule has 45 heavy (non-hydrogen) atoms. The van der Waals surface area contributed by atoms with Gasteiger partial charge < -0.3 is 24.2 Å². The predicted octanol–water partition coefficient (Wildman–Crippen LogP) is 5.39. The summed E-state index contributed by atoms with van der Waals surface area (Å²) < 4.78 is 26.1. The molecule has 2 atom stereocenters. The van der Waals surface area contributed by atoms with Crippen LogP contribution in [-0.4, -0.2) is 89.7 Å². The van der Waals surface area contributed by atoms with Crippen LogP contribution in [0.2, 0.25) is 5.02 Å². The van der Waals surface area contributed by atoms with Crippen LogP contribution in [0.1, 0.15) is 19.3 Å². The molecule has 0 aliphatic carbocycles. The Labute approximate surface area is 265 Å². The molecule has 4 aromatic rings. The Hall–Kier alpha value is -4.53. The Balaban J connectivity index is 1.48. The number of ether oxygens (including phenoxy) is 2. The Morgan fingerprint density at radius 2 is 1.93 bits per heavy atom. The highest BCUT2D eigenvalue weighted by Crippen LogP contribution is 2.42. The first-order valence-corrected chi connectivity index (χ1v) is 15.2. The number of piperazine rings is 1. The minimum absolute atomic E-state index is 0.0125. The van der Waals surface area contributed by atoms with E-state index in [9.17, 15) is 14.4 Å². The number of likely N-dealkylation sites (tertiary alicyclic amines) is 1. The highest BCUT2D eigenvalue weighted by molar-refractivity contribution is 6.36. The lowest BCUT2D eigenvalue weighted by molar-refractivity contribution is -0.131. The number of rotatable bonds is 8. The van der Waals surface area contributed by atoms with Gasteiger partial charge >= 0.3 is 6.01 Å².